The van der Waals surface area contributed by atoms with Gasteiger partial charge in [-0.05, 0) is 5.41 Å². The van der Waals surface area contributed by atoms with Crippen molar-refractivity contribution in [3.05, 3.63) is 0 Å². The van der Waals surface area contributed by atoms with E-state index < -0.39 is 27.6 Å². The molecule has 0 aromatic carbocycles. The number of carboxylic acid groups (broad SMARTS) is 1. The average Bonchev–Trinajstić information content (AvgIpc) is 1.97. The number of rotatable bonds is 5. The largest absolute Gasteiger partial charge is 0.480 e. The molecule has 6 nitrogen and oxygen atoms in total. The molecule has 0 aromatic rings. The Bertz CT molecular complexity index is 318. The first-order valence-corrected chi connectivity index (χ1v) is 6.08. The molecule has 0 aliphatic heterocycles. The number of aliphatic carboxylic acids is 1. The van der Waals surface area contributed by atoms with E-state index in [1.165, 1.54) is 0 Å². The van der Waals surface area contributed by atoms with E-state index in [0.717, 1.165) is 0 Å². The third-order valence-electron chi connectivity index (χ3n) is 1.72. The summed E-state index contributed by atoms with van der Waals surface area (Å²) in [6, 6.07) is -1.15. The van der Waals surface area contributed by atoms with Crippen LogP contribution in [-0.4, -0.2) is 32.1 Å². The zero-order valence-corrected chi connectivity index (χ0v) is 10.2. The molecular formula is C8H18N2O4S. The lowest BCUT2D eigenvalue weighted by Gasteiger charge is -2.27. The predicted octanol–water partition coefficient (Wildman–Crippen LogP) is -0.0704. The van der Waals surface area contributed by atoms with E-state index in [1.54, 1.807) is 27.7 Å². The zero-order valence-electron chi connectivity index (χ0n) is 9.36. The minimum atomic E-state index is -3.74. The Labute approximate surface area is 90.2 Å². The van der Waals surface area contributed by atoms with Crippen molar-refractivity contribution in [3.8, 4) is 0 Å². The standard InChI is InChI=1S/C8H18N2O4S/c1-5-9-15(13,14)10-6(7(11)12)8(2,3)4/h6,9-10H,5H2,1-4H3,(H,11,12)/t6-/m1/s1. The molecule has 0 bridgehead atoms. The van der Waals surface area contributed by atoms with Crippen molar-refractivity contribution in [2.24, 2.45) is 5.41 Å². The summed E-state index contributed by atoms with van der Waals surface area (Å²) < 4.78 is 26.9. The second kappa shape index (κ2) is 4.91. The summed E-state index contributed by atoms with van der Waals surface area (Å²) in [5.74, 6) is -1.19. The molecule has 0 heterocycles. The predicted molar refractivity (Wildman–Crippen MR) is 56.6 cm³/mol. The van der Waals surface area contributed by atoms with Crippen molar-refractivity contribution < 1.29 is 18.3 Å². The maximum Gasteiger partial charge on any atom is 0.322 e. The van der Waals surface area contributed by atoms with Crippen LogP contribution >= 0.6 is 0 Å². The SMILES string of the molecule is CCNS(=O)(=O)N[C@H](C(=O)O)C(C)(C)C. The van der Waals surface area contributed by atoms with Crippen LogP contribution in [0.25, 0.3) is 0 Å². The maximum atomic E-state index is 11.3. The van der Waals surface area contributed by atoms with Gasteiger partial charge in [-0.1, -0.05) is 27.7 Å². The summed E-state index contributed by atoms with van der Waals surface area (Å²) in [6.45, 7) is 6.79. The van der Waals surface area contributed by atoms with Crippen LogP contribution < -0.4 is 9.44 Å². The molecule has 0 aliphatic carbocycles. The molecule has 0 saturated heterocycles. The molecule has 0 fully saturated rings. The summed E-state index contributed by atoms with van der Waals surface area (Å²) in [5.41, 5.74) is -0.686. The van der Waals surface area contributed by atoms with Crippen LogP contribution in [0.4, 0.5) is 0 Å². The molecule has 90 valence electrons. The summed E-state index contributed by atoms with van der Waals surface area (Å²) in [7, 11) is -3.74. The molecule has 1 atom stereocenters. The fourth-order valence-electron chi connectivity index (χ4n) is 0.984. The van der Waals surface area contributed by atoms with Crippen molar-refractivity contribution in [2.45, 2.75) is 33.7 Å². The maximum absolute atomic E-state index is 11.3. The van der Waals surface area contributed by atoms with E-state index in [9.17, 15) is 13.2 Å². The van der Waals surface area contributed by atoms with E-state index in [-0.39, 0.29) is 6.54 Å². The van der Waals surface area contributed by atoms with Crippen LogP contribution in [-0.2, 0) is 15.0 Å². The monoisotopic (exact) mass is 238 g/mol. The van der Waals surface area contributed by atoms with Crippen LogP contribution in [0.1, 0.15) is 27.7 Å². The highest BCUT2D eigenvalue weighted by atomic mass is 32.2. The highest BCUT2D eigenvalue weighted by Crippen LogP contribution is 2.19. The summed E-state index contributed by atoms with van der Waals surface area (Å²) in [4.78, 5) is 10.9. The number of carboxylic acids is 1. The van der Waals surface area contributed by atoms with Crippen LogP contribution in [0.5, 0.6) is 0 Å². The Kier molecular flexibility index (Phi) is 4.69. The number of nitrogens with one attached hydrogen (secondary N) is 2. The van der Waals surface area contributed by atoms with Gasteiger partial charge in [-0.2, -0.15) is 13.1 Å². The summed E-state index contributed by atoms with van der Waals surface area (Å²) in [5, 5.41) is 8.89. The molecule has 7 heteroatoms. The highest BCUT2D eigenvalue weighted by molar-refractivity contribution is 7.87. The van der Waals surface area contributed by atoms with Gasteiger partial charge in [0, 0.05) is 6.54 Å². The van der Waals surface area contributed by atoms with Crippen LogP contribution in [0.3, 0.4) is 0 Å². The van der Waals surface area contributed by atoms with E-state index in [0.29, 0.717) is 0 Å². The molecule has 0 unspecified atom stereocenters. The van der Waals surface area contributed by atoms with Gasteiger partial charge in [0.1, 0.15) is 6.04 Å². The minimum absolute atomic E-state index is 0.214. The topological polar surface area (TPSA) is 95.5 Å². The Morgan fingerprint density at radius 2 is 1.87 bits per heavy atom. The van der Waals surface area contributed by atoms with Crippen LogP contribution in [0.15, 0.2) is 0 Å². The third-order valence-corrected chi connectivity index (χ3v) is 2.94. The van der Waals surface area contributed by atoms with Gasteiger partial charge in [0.25, 0.3) is 10.2 Å². The number of carbonyl (C=O) groups is 1. The zero-order chi connectivity index (χ0) is 12.3. The van der Waals surface area contributed by atoms with Crippen molar-refractivity contribution >= 4 is 16.2 Å². The quantitative estimate of drug-likeness (QED) is 0.624. The number of hydrogen-bond acceptors (Lipinski definition) is 3. The first kappa shape index (κ1) is 14.3. The smallest absolute Gasteiger partial charge is 0.322 e. The van der Waals surface area contributed by atoms with E-state index in [4.69, 9.17) is 5.11 Å². The summed E-state index contributed by atoms with van der Waals surface area (Å²) >= 11 is 0. The Hall–Kier alpha value is -0.660. The lowest BCUT2D eigenvalue weighted by molar-refractivity contribution is -0.141. The lowest BCUT2D eigenvalue weighted by atomic mass is 9.88. The van der Waals surface area contributed by atoms with E-state index in [1.807, 2.05) is 0 Å². The highest BCUT2D eigenvalue weighted by Gasteiger charge is 2.34. The van der Waals surface area contributed by atoms with Gasteiger partial charge in [0.2, 0.25) is 0 Å². The van der Waals surface area contributed by atoms with Crippen LogP contribution in [0.2, 0.25) is 0 Å². The van der Waals surface area contributed by atoms with Crippen molar-refractivity contribution in [3.63, 3.8) is 0 Å². The minimum Gasteiger partial charge on any atom is -0.480 e. The van der Waals surface area contributed by atoms with Gasteiger partial charge in [-0.15, -0.1) is 0 Å². The number of hydrogen-bond donors (Lipinski definition) is 3. The van der Waals surface area contributed by atoms with Gasteiger partial charge < -0.3 is 5.11 Å². The molecule has 15 heavy (non-hydrogen) atoms. The molecule has 0 radical (unpaired) electrons. The molecule has 0 rings (SSSR count). The fraction of sp³-hybridized carbons (Fsp3) is 0.875. The Morgan fingerprint density at radius 1 is 1.40 bits per heavy atom. The molecule has 0 saturated carbocycles. The van der Waals surface area contributed by atoms with Gasteiger partial charge in [0.15, 0.2) is 0 Å². The molecule has 0 aliphatic rings. The van der Waals surface area contributed by atoms with Crippen molar-refractivity contribution in [1.82, 2.24) is 9.44 Å². The average molecular weight is 238 g/mol. The Morgan fingerprint density at radius 3 is 2.13 bits per heavy atom. The van der Waals surface area contributed by atoms with Crippen molar-refractivity contribution in [2.75, 3.05) is 6.54 Å². The van der Waals surface area contributed by atoms with E-state index in [2.05, 4.69) is 9.44 Å². The second-order valence-electron chi connectivity index (χ2n) is 4.26. The van der Waals surface area contributed by atoms with Crippen molar-refractivity contribution in [1.29, 1.82) is 0 Å². The van der Waals surface area contributed by atoms with Gasteiger partial charge in [-0.3, -0.25) is 4.79 Å². The first-order chi connectivity index (χ1) is 6.60. The first-order valence-electron chi connectivity index (χ1n) is 4.60. The van der Waals surface area contributed by atoms with Crippen LogP contribution in [0, 0.1) is 5.41 Å². The van der Waals surface area contributed by atoms with Gasteiger partial charge >= 0.3 is 5.97 Å². The van der Waals surface area contributed by atoms with Gasteiger partial charge in [0.05, 0.1) is 0 Å². The molecule has 0 spiro atoms. The second-order valence-corrected chi connectivity index (χ2v) is 5.79. The van der Waals surface area contributed by atoms with E-state index >= 15 is 0 Å². The lowest BCUT2D eigenvalue weighted by Crippen LogP contribution is -2.52. The summed E-state index contributed by atoms with van der Waals surface area (Å²) in [6.07, 6.45) is 0. The molecular weight excluding hydrogens is 220 g/mol. The molecule has 0 amide bonds. The normalized spacial score (nSPS) is 14.9. The fourth-order valence-corrected chi connectivity index (χ4v) is 2.21. The Balaban J connectivity index is 4.79. The molecule has 0 aromatic heterocycles. The third kappa shape index (κ3) is 5.10. The molecule has 3 N–H and O–H groups in total. The van der Waals surface area contributed by atoms with Gasteiger partial charge in [-0.25, -0.2) is 4.72 Å².